The van der Waals surface area contributed by atoms with Gasteiger partial charge in [-0.25, -0.2) is 4.98 Å². The van der Waals surface area contributed by atoms with Crippen molar-refractivity contribution >= 4 is 22.8 Å². The predicted molar refractivity (Wildman–Crippen MR) is 63.8 cm³/mol. The Morgan fingerprint density at radius 3 is 2.81 bits per heavy atom. The zero-order valence-electron chi connectivity index (χ0n) is 8.51. The Bertz CT molecular complexity index is 511. The highest BCUT2D eigenvalue weighted by Gasteiger charge is 2.17. The molecule has 2 aromatic rings. The Hall–Kier alpha value is -1.95. The van der Waals surface area contributed by atoms with Gasteiger partial charge in [0, 0.05) is 13.1 Å². The van der Waals surface area contributed by atoms with Crippen LogP contribution in [0, 0.1) is 10.1 Å². The molecule has 1 N–H and O–H groups in total. The monoisotopic (exact) mass is 235 g/mol. The lowest BCUT2D eigenvalue weighted by molar-refractivity contribution is -0.384. The summed E-state index contributed by atoms with van der Waals surface area (Å²) in [5.74, 6) is 0.619. The van der Waals surface area contributed by atoms with Gasteiger partial charge >= 0.3 is 0 Å². The lowest BCUT2D eigenvalue weighted by Gasteiger charge is -2.03. The van der Waals surface area contributed by atoms with E-state index in [1.54, 1.807) is 13.1 Å². The standard InChI is InChI=1S/C10H9N3O2S/c1-11-9-5-4-7(13(14)15)10(12-9)8-3-2-6-16-8/h2-6H,1H3,(H,11,12). The summed E-state index contributed by atoms with van der Waals surface area (Å²) in [4.78, 5) is 15.5. The van der Waals surface area contributed by atoms with E-state index in [0.29, 0.717) is 11.5 Å². The van der Waals surface area contributed by atoms with E-state index in [-0.39, 0.29) is 5.69 Å². The second-order valence-corrected chi connectivity index (χ2v) is 4.00. The highest BCUT2D eigenvalue weighted by molar-refractivity contribution is 7.13. The third-order valence-electron chi connectivity index (χ3n) is 2.08. The summed E-state index contributed by atoms with van der Waals surface area (Å²) in [7, 11) is 1.73. The van der Waals surface area contributed by atoms with Crippen molar-refractivity contribution in [1.29, 1.82) is 0 Å². The number of aromatic nitrogens is 1. The second-order valence-electron chi connectivity index (χ2n) is 3.05. The molecule has 0 unspecified atom stereocenters. The summed E-state index contributed by atoms with van der Waals surface area (Å²) in [5, 5.41) is 15.6. The molecule has 2 aromatic heterocycles. The van der Waals surface area contributed by atoms with Gasteiger partial charge in [-0.2, -0.15) is 0 Å². The van der Waals surface area contributed by atoms with Crippen LogP contribution in [0.25, 0.3) is 10.6 Å². The molecule has 0 aliphatic heterocycles. The molecule has 5 nitrogen and oxygen atoms in total. The van der Waals surface area contributed by atoms with E-state index in [2.05, 4.69) is 10.3 Å². The zero-order chi connectivity index (χ0) is 11.5. The van der Waals surface area contributed by atoms with Crippen LogP contribution in [-0.4, -0.2) is 17.0 Å². The topological polar surface area (TPSA) is 68.1 Å². The van der Waals surface area contributed by atoms with Crippen LogP contribution in [-0.2, 0) is 0 Å². The average molecular weight is 235 g/mol. The van der Waals surface area contributed by atoms with Crippen LogP contribution in [0.15, 0.2) is 29.6 Å². The number of nitro groups is 1. The minimum Gasteiger partial charge on any atom is -0.373 e. The molecule has 6 heteroatoms. The molecule has 0 saturated carbocycles. The number of anilines is 1. The highest BCUT2D eigenvalue weighted by Crippen LogP contribution is 2.32. The van der Waals surface area contributed by atoms with Gasteiger partial charge in [0.2, 0.25) is 0 Å². The molecular formula is C10H9N3O2S. The van der Waals surface area contributed by atoms with Crippen LogP contribution in [0.4, 0.5) is 11.5 Å². The van der Waals surface area contributed by atoms with Crippen molar-refractivity contribution in [2.45, 2.75) is 0 Å². The molecule has 0 fully saturated rings. The fourth-order valence-electron chi connectivity index (χ4n) is 1.33. The van der Waals surface area contributed by atoms with Gasteiger partial charge in [0.25, 0.3) is 5.69 Å². The van der Waals surface area contributed by atoms with Crippen molar-refractivity contribution in [3.05, 3.63) is 39.8 Å². The van der Waals surface area contributed by atoms with Crippen molar-refractivity contribution in [2.24, 2.45) is 0 Å². The first kappa shape index (κ1) is 10.6. The second kappa shape index (κ2) is 4.28. The first-order chi connectivity index (χ1) is 7.72. The van der Waals surface area contributed by atoms with E-state index in [0.717, 1.165) is 4.88 Å². The van der Waals surface area contributed by atoms with E-state index < -0.39 is 4.92 Å². The third-order valence-corrected chi connectivity index (χ3v) is 2.96. The number of rotatable bonds is 3. The fraction of sp³-hybridized carbons (Fsp3) is 0.100. The summed E-state index contributed by atoms with van der Waals surface area (Å²) in [5.41, 5.74) is 0.438. The molecule has 0 bridgehead atoms. The Balaban J connectivity index is 2.59. The molecule has 0 aliphatic rings. The van der Waals surface area contributed by atoms with Crippen LogP contribution in [0.5, 0.6) is 0 Å². The minimum atomic E-state index is -0.415. The Morgan fingerprint density at radius 1 is 1.44 bits per heavy atom. The zero-order valence-corrected chi connectivity index (χ0v) is 9.32. The van der Waals surface area contributed by atoms with Crippen molar-refractivity contribution < 1.29 is 4.92 Å². The largest absolute Gasteiger partial charge is 0.373 e. The maximum absolute atomic E-state index is 10.9. The molecule has 82 valence electrons. The third kappa shape index (κ3) is 1.87. The van der Waals surface area contributed by atoms with Gasteiger partial charge in [0.05, 0.1) is 9.80 Å². The van der Waals surface area contributed by atoms with E-state index in [4.69, 9.17) is 0 Å². The Morgan fingerprint density at radius 2 is 2.25 bits per heavy atom. The molecular weight excluding hydrogens is 226 g/mol. The van der Waals surface area contributed by atoms with Crippen LogP contribution < -0.4 is 5.32 Å². The molecule has 0 aromatic carbocycles. The van der Waals surface area contributed by atoms with Crippen LogP contribution >= 0.6 is 11.3 Å². The van der Waals surface area contributed by atoms with E-state index in [1.807, 2.05) is 17.5 Å². The number of hydrogen-bond donors (Lipinski definition) is 1. The average Bonchev–Trinajstić information content (AvgIpc) is 2.81. The first-order valence-corrected chi connectivity index (χ1v) is 5.47. The number of thiophene rings is 1. The molecule has 0 saturated heterocycles. The van der Waals surface area contributed by atoms with Gasteiger partial charge in [0.1, 0.15) is 5.82 Å². The van der Waals surface area contributed by atoms with Gasteiger partial charge in [0.15, 0.2) is 5.69 Å². The molecule has 0 aliphatic carbocycles. The first-order valence-electron chi connectivity index (χ1n) is 4.59. The number of hydrogen-bond acceptors (Lipinski definition) is 5. The fourth-order valence-corrected chi connectivity index (χ4v) is 2.06. The summed E-state index contributed by atoms with van der Waals surface area (Å²) < 4.78 is 0. The normalized spacial score (nSPS) is 10.1. The number of nitrogens with zero attached hydrogens (tertiary/aromatic N) is 2. The van der Waals surface area contributed by atoms with Gasteiger partial charge in [-0.1, -0.05) is 6.07 Å². The maximum Gasteiger partial charge on any atom is 0.296 e. The summed E-state index contributed by atoms with van der Waals surface area (Å²) >= 11 is 1.43. The quantitative estimate of drug-likeness (QED) is 0.656. The number of nitrogens with one attached hydrogen (secondary N) is 1. The number of pyridine rings is 1. The molecule has 16 heavy (non-hydrogen) atoms. The SMILES string of the molecule is CNc1ccc([N+](=O)[O-])c(-c2cccs2)n1. The Labute approximate surface area is 95.9 Å². The van der Waals surface area contributed by atoms with Crippen LogP contribution in [0.2, 0.25) is 0 Å². The molecule has 2 rings (SSSR count). The van der Waals surface area contributed by atoms with E-state index >= 15 is 0 Å². The van der Waals surface area contributed by atoms with E-state index in [1.165, 1.54) is 17.4 Å². The van der Waals surface area contributed by atoms with Crippen molar-refractivity contribution in [1.82, 2.24) is 4.98 Å². The smallest absolute Gasteiger partial charge is 0.296 e. The molecule has 0 radical (unpaired) electrons. The van der Waals surface area contributed by atoms with Gasteiger partial charge in [-0.3, -0.25) is 10.1 Å². The van der Waals surface area contributed by atoms with Gasteiger partial charge in [-0.15, -0.1) is 11.3 Å². The van der Waals surface area contributed by atoms with Crippen molar-refractivity contribution in [3.63, 3.8) is 0 Å². The van der Waals surface area contributed by atoms with Crippen LogP contribution in [0.3, 0.4) is 0 Å². The molecule has 0 amide bonds. The van der Waals surface area contributed by atoms with Gasteiger partial charge in [-0.05, 0) is 17.5 Å². The van der Waals surface area contributed by atoms with E-state index in [9.17, 15) is 10.1 Å². The van der Waals surface area contributed by atoms with Crippen LogP contribution in [0.1, 0.15) is 0 Å². The molecule has 0 spiro atoms. The highest BCUT2D eigenvalue weighted by atomic mass is 32.1. The maximum atomic E-state index is 10.9. The molecule has 0 atom stereocenters. The predicted octanol–water partition coefficient (Wildman–Crippen LogP) is 2.76. The van der Waals surface area contributed by atoms with Crippen molar-refractivity contribution in [3.8, 4) is 10.6 Å². The summed E-state index contributed by atoms with van der Waals surface area (Å²) in [6.07, 6.45) is 0. The molecule has 2 heterocycles. The lowest BCUT2D eigenvalue weighted by atomic mass is 10.2. The van der Waals surface area contributed by atoms with Crippen molar-refractivity contribution in [2.75, 3.05) is 12.4 Å². The summed E-state index contributed by atoms with van der Waals surface area (Å²) in [6.45, 7) is 0. The minimum absolute atomic E-state index is 0.0291. The summed E-state index contributed by atoms with van der Waals surface area (Å²) in [6, 6.07) is 6.72. The Kier molecular flexibility index (Phi) is 2.82. The van der Waals surface area contributed by atoms with Gasteiger partial charge < -0.3 is 5.32 Å². The lowest BCUT2D eigenvalue weighted by Crippen LogP contribution is -1.97.